The molecule has 106 valence electrons. The average molecular weight is 330 g/mol. The normalized spacial score (nSPS) is 7.06. The Morgan fingerprint density at radius 1 is 0.706 bits per heavy atom. The van der Waals surface area contributed by atoms with Gasteiger partial charge in [0.15, 0.2) is 0 Å². The van der Waals surface area contributed by atoms with E-state index in [4.69, 9.17) is 20.4 Å². The fraction of sp³-hybridized carbons (Fsp3) is 0.833. The molecule has 17 heavy (non-hydrogen) atoms. The monoisotopic (exact) mass is 328 g/mol. The smallest absolute Gasteiger partial charge is 0.428 e. The van der Waals surface area contributed by atoms with Gasteiger partial charge in [0, 0.05) is 13.2 Å². The Morgan fingerprint density at radius 3 is 0.882 bits per heavy atom. The van der Waals surface area contributed by atoms with Gasteiger partial charge in [-0.2, -0.15) is 0 Å². The summed E-state index contributed by atoms with van der Waals surface area (Å²) < 4.78 is 0. The Hall–Kier alpha value is 0.723. The zero-order chi connectivity index (χ0) is 13.7. The molecule has 0 fully saturated rings. The maximum Gasteiger partial charge on any atom is 2.00 e. The van der Waals surface area contributed by atoms with Gasteiger partial charge in [-0.15, -0.1) is 0 Å². The minimum Gasteiger partial charge on any atom is -0.428 e. The van der Waals surface area contributed by atoms with Crippen molar-refractivity contribution in [1.82, 2.24) is 0 Å². The minimum absolute atomic E-state index is 0. The number of hydrogen-bond donors (Lipinski definition) is 4. The topological polar surface area (TPSA) is 80.9 Å². The largest absolute Gasteiger partial charge is 2.00 e. The number of aliphatic hydroxyl groups excluding tert-OH is 4. The van der Waals surface area contributed by atoms with Gasteiger partial charge in [-0.3, -0.25) is 0 Å². The van der Waals surface area contributed by atoms with Crippen molar-refractivity contribution in [1.29, 1.82) is 0 Å². The number of unbranched alkanes of at least 4 members (excludes halogenated alkanes) is 2. The summed E-state index contributed by atoms with van der Waals surface area (Å²) in [5.41, 5.74) is 0. The first-order valence-corrected chi connectivity index (χ1v) is 5.68. The second-order valence-electron chi connectivity index (χ2n) is 2.60. The van der Waals surface area contributed by atoms with E-state index in [9.17, 15) is 0 Å². The van der Waals surface area contributed by atoms with Gasteiger partial charge in [0.25, 0.3) is 0 Å². The fourth-order valence-corrected chi connectivity index (χ4v) is 0.316. The van der Waals surface area contributed by atoms with E-state index in [1.165, 1.54) is 0 Å². The second kappa shape index (κ2) is 54.3. The number of hydrogen-bond acceptors (Lipinski definition) is 4. The van der Waals surface area contributed by atoms with E-state index in [0.29, 0.717) is 13.2 Å². The van der Waals surface area contributed by atoms with E-state index in [0.717, 1.165) is 25.7 Å². The van der Waals surface area contributed by atoms with Crippen molar-refractivity contribution in [2.24, 2.45) is 0 Å². The summed E-state index contributed by atoms with van der Waals surface area (Å²) in [7, 11) is 0. The Morgan fingerprint density at radius 2 is 0.882 bits per heavy atom. The van der Waals surface area contributed by atoms with Crippen molar-refractivity contribution in [3.05, 3.63) is 13.8 Å². The van der Waals surface area contributed by atoms with Crippen LogP contribution >= 0.6 is 0 Å². The molecule has 0 aliphatic rings. The molecule has 0 aliphatic carbocycles. The van der Waals surface area contributed by atoms with Gasteiger partial charge < -0.3 is 34.3 Å². The Labute approximate surface area is 126 Å². The van der Waals surface area contributed by atoms with E-state index in [1.54, 1.807) is 0 Å². The summed E-state index contributed by atoms with van der Waals surface area (Å²) >= 11 is 0. The molecular weight excluding hydrogens is 299 g/mol. The first kappa shape index (κ1) is 30.6. The van der Waals surface area contributed by atoms with Gasteiger partial charge >= 0.3 is 26.2 Å². The van der Waals surface area contributed by atoms with Crippen LogP contribution in [0.1, 0.15) is 39.5 Å². The molecule has 0 bridgehead atoms. The summed E-state index contributed by atoms with van der Waals surface area (Å²) in [5, 5.41) is 31.0. The molecule has 0 spiro atoms. The van der Waals surface area contributed by atoms with Gasteiger partial charge in [0.2, 0.25) is 0 Å². The number of aliphatic hydroxyl groups is 4. The minimum atomic E-state index is 0. The average Bonchev–Trinajstić information content (AvgIpc) is 2.23. The molecule has 4 N–H and O–H groups in total. The number of rotatable bonds is 4. The summed E-state index contributed by atoms with van der Waals surface area (Å²) in [4.78, 5) is 0. The third-order valence-electron chi connectivity index (χ3n) is 1.02. The Bertz CT molecular complexity index is 54.5. The summed E-state index contributed by atoms with van der Waals surface area (Å²) in [5.74, 6) is 0. The van der Waals surface area contributed by atoms with Crippen molar-refractivity contribution < 1.29 is 46.6 Å². The molecule has 0 heterocycles. The molecule has 0 aromatic carbocycles. The van der Waals surface area contributed by atoms with Crippen molar-refractivity contribution in [2.45, 2.75) is 39.5 Å². The van der Waals surface area contributed by atoms with Gasteiger partial charge in [-0.05, 0) is 12.8 Å². The van der Waals surface area contributed by atoms with E-state index in [2.05, 4.69) is 27.7 Å². The van der Waals surface area contributed by atoms with Crippen molar-refractivity contribution in [2.75, 3.05) is 26.4 Å². The molecule has 0 aromatic rings. The quantitative estimate of drug-likeness (QED) is 0.584. The molecule has 5 heteroatoms. The molecule has 0 aliphatic heterocycles. The van der Waals surface area contributed by atoms with Crippen LogP contribution < -0.4 is 0 Å². The molecule has 0 saturated carbocycles. The predicted octanol–water partition coefficient (Wildman–Crippen LogP) is 1.18. The van der Waals surface area contributed by atoms with E-state index in [-0.39, 0.29) is 39.4 Å². The molecule has 0 unspecified atom stereocenters. The molecule has 0 atom stereocenters. The van der Waals surface area contributed by atoms with Crippen LogP contribution in [0.5, 0.6) is 0 Å². The maximum atomic E-state index is 8.07. The predicted molar refractivity (Wildman–Crippen MR) is 68.9 cm³/mol. The third-order valence-corrected chi connectivity index (χ3v) is 1.02. The van der Waals surface area contributed by atoms with Gasteiger partial charge in [0.05, 0.1) is 0 Å². The van der Waals surface area contributed by atoms with Crippen molar-refractivity contribution in [3.8, 4) is 0 Å². The second-order valence-corrected chi connectivity index (χ2v) is 2.60. The standard InChI is InChI=1S/2C4H10O.2C2H5O.Zr/c2*1-2-3-4-5;2*1-2-3;/h2*5H,2-4H2,1H3;2*3H,1-2H2;/q;;2*-1;+2. The zero-order valence-corrected chi connectivity index (χ0v) is 13.8. The van der Waals surface area contributed by atoms with Gasteiger partial charge in [-0.1, -0.05) is 39.9 Å². The van der Waals surface area contributed by atoms with E-state index >= 15 is 0 Å². The van der Waals surface area contributed by atoms with Crippen molar-refractivity contribution >= 4 is 0 Å². The molecular formula is C12H30O4Zr. The molecule has 0 saturated heterocycles. The molecule has 0 aromatic heterocycles. The van der Waals surface area contributed by atoms with Crippen LogP contribution in [-0.4, -0.2) is 46.9 Å². The van der Waals surface area contributed by atoms with Crippen LogP contribution in [0.2, 0.25) is 0 Å². The Kier molecular flexibility index (Phi) is 97.9. The van der Waals surface area contributed by atoms with Crippen molar-refractivity contribution in [3.63, 3.8) is 0 Å². The summed E-state index contributed by atoms with van der Waals surface area (Å²) in [6.07, 6.45) is 4.08. The van der Waals surface area contributed by atoms with Gasteiger partial charge in [-0.25, -0.2) is 0 Å². The first-order valence-electron chi connectivity index (χ1n) is 5.68. The zero-order valence-electron chi connectivity index (χ0n) is 11.4. The van der Waals surface area contributed by atoms with Crippen LogP contribution in [-0.2, 0) is 26.2 Å². The summed E-state index contributed by atoms with van der Waals surface area (Å²) in [6, 6.07) is 0. The Balaban J connectivity index is -0.0000000381. The molecule has 0 radical (unpaired) electrons. The van der Waals surface area contributed by atoms with Crippen LogP contribution in [0.4, 0.5) is 0 Å². The summed E-state index contributed by atoms with van der Waals surface area (Å²) in [6.45, 7) is 10.9. The first-order chi connectivity index (χ1) is 7.66. The van der Waals surface area contributed by atoms with Crippen LogP contribution in [0.3, 0.4) is 0 Å². The van der Waals surface area contributed by atoms with E-state index < -0.39 is 0 Å². The molecule has 0 amide bonds. The molecule has 0 rings (SSSR count). The maximum absolute atomic E-state index is 8.07. The van der Waals surface area contributed by atoms with Crippen LogP contribution in [0.15, 0.2) is 0 Å². The van der Waals surface area contributed by atoms with Gasteiger partial charge in [0.1, 0.15) is 0 Å². The van der Waals surface area contributed by atoms with Crippen LogP contribution in [0, 0.1) is 13.8 Å². The van der Waals surface area contributed by atoms with E-state index in [1.807, 2.05) is 0 Å². The SMILES string of the molecule is CCCCO.CCCCO.[CH2-]CO.[CH2-]CO.[Zr+2]. The fourth-order valence-electron chi connectivity index (χ4n) is 0.316. The molecule has 4 nitrogen and oxygen atoms in total. The third kappa shape index (κ3) is 163. The van der Waals surface area contributed by atoms with Crippen LogP contribution in [0.25, 0.3) is 0 Å².